The third-order valence-corrected chi connectivity index (χ3v) is 5.42. The summed E-state index contributed by atoms with van der Waals surface area (Å²) in [5, 5.41) is 2.87. The van der Waals surface area contributed by atoms with Crippen LogP contribution in [0.2, 0.25) is 0 Å². The van der Waals surface area contributed by atoms with Crippen molar-refractivity contribution in [2.75, 3.05) is 25.5 Å². The number of methoxy groups -OCH3 is 1. The number of carbonyl (C=O) groups is 2. The molecule has 6 nitrogen and oxygen atoms in total. The molecule has 0 unspecified atom stereocenters. The van der Waals surface area contributed by atoms with Gasteiger partial charge in [-0.25, -0.2) is 0 Å². The summed E-state index contributed by atoms with van der Waals surface area (Å²) in [6, 6.07) is 21.9. The monoisotopic (exact) mass is 430 g/mol. The lowest BCUT2D eigenvalue weighted by Crippen LogP contribution is -2.27. The third kappa shape index (κ3) is 5.09. The van der Waals surface area contributed by atoms with E-state index >= 15 is 0 Å². The Labute approximate surface area is 187 Å². The number of nitrogens with zero attached hydrogens (tertiary/aromatic N) is 1. The summed E-state index contributed by atoms with van der Waals surface area (Å²) in [6.45, 7) is 1.97. The maximum atomic E-state index is 12.8. The van der Waals surface area contributed by atoms with E-state index in [-0.39, 0.29) is 11.8 Å². The highest BCUT2D eigenvalue weighted by atomic mass is 16.5. The maximum absolute atomic E-state index is 12.8. The lowest BCUT2D eigenvalue weighted by atomic mass is 10.1. The van der Waals surface area contributed by atoms with Gasteiger partial charge in [-0.15, -0.1) is 0 Å². The standard InChI is InChI=1S/C26H26N2O4/c1-31-24-17-20(12-13-23(24)32-18-19-8-3-2-4-9-19)25(29)27-22-11-7-10-21(16-22)26(30)28-14-5-6-15-28/h2-4,7-13,16-17H,5-6,14-15,18H2,1H3,(H,27,29). The summed E-state index contributed by atoms with van der Waals surface area (Å²) < 4.78 is 11.3. The fourth-order valence-electron chi connectivity index (χ4n) is 3.70. The van der Waals surface area contributed by atoms with Crippen LogP contribution in [0.5, 0.6) is 11.5 Å². The Balaban J connectivity index is 1.44. The predicted molar refractivity (Wildman–Crippen MR) is 123 cm³/mol. The van der Waals surface area contributed by atoms with Crippen molar-refractivity contribution >= 4 is 17.5 Å². The van der Waals surface area contributed by atoms with Gasteiger partial charge in [-0.3, -0.25) is 9.59 Å². The van der Waals surface area contributed by atoms with Crippen LogP contribution in [0, 0.1) is 0 Å². The first kappa shape index (κ1) is 21.4. The van der Waals surface area contributed by atoms with Crippen molar-refractivity contribution < 1.29 is 19.1 Å². The molecule has 0 atom stereocenters. The first-order valence-electron chi connectivity index (χ1n) is 10.7. The molecule has 6 heteroatoms. The summed E-state index contributed by atoms with van der Waals surface area (Å²) in [7, 11) is 1.54. The first-order chi connectivity index (χ1) is 15.6. The van der Waals surface area contributed by atoms with E-state index in [9.17, 15) is 9.59 Å². The first-order valence-corrected chi connectivity index (χ1v) is 10.7. The van der Waals surface area contributed by atoms with Gasteiger partial charge in [-0.05, 0) is 54.8 Å². The van der Waals surface area contributed by atoms with E-state index in [4.69, 9.17) is 9.47 Å². The normalized spacial score (nSPS) is 13.0. The van der Waals surface area contributed by atoms with E-state index in [1.807, 2.05) is 35.2 Å². The molecule has 0 aromatic heterocycles. The van der Waals surface area contributed by atoms with Crippen LogP contribution < -0.4 is 14.8 Å². The number of anilines is 1. The molecule has 0 radical (unpaired) electrons. The van der Waals surface area contributed by atoms with Crippen molar-refractivity contribution in [1.29, 1.82) is 0 Å². The molecule has 32 heavy (non-hydrogen) atoms. The minimum Gasteiger partial charge on any atom is -0.493 e. The van der Waals surface area contributed by atoms with Crippen LogP contribution in [-0.2, 0) is 6.61 Å². The SMILES string of the molecule is COc1cc(C(=O)Nc2cccc(C(=O)N3CCCC3)c2)ccc1OCc1ccccc1. The number of carbonyl (C=O) groups excluding carboxylic acids is 2. The van der Waals surface area contributed by atoms with Crippen molar-refractivity contribution in [3.63, 3.8) is 0 Å². The number of nitrogens with one attached hydrogen (secondary N) is 1. The van der Waals surface area contributed by atoms with Gasteiger partial charge >= 0.3 is 0 Å². The third-order valence-electron chi connectivity index (χ3n) is 5.42. The molecule has 164 valence electrons. The molecule has 1 N–H and O–H groups in total. The van der Waals surface area contributed by atoms with Crippen LogP contribution >= 0.6 is 0 Å². The highest BCUT2D eigenvalue weighted by Gasteiger charge is 2.20. The zero-order chi connectivity index (χ0) is 22.3. The Kier molecular flexibility index (Phi) is 6.70. The summed E-state index contributed by atoms with van der Waals surface area (Å²) in [4.78, 5) is 27.3. The second-order valence-corrected chi connectivity index (χ2v) is 7.67. The van der Waals surface area contributed by atoms with Crippen LogP contribution in [0.15, 0.2) is 72.8 Å². The fraction of sp³-hybridized carbons (Fsp3) is 0.231. The average molecular weight is 431 g/mol. The molecule has 1 fully saturated rings. The van der Waals surface area contributed by atoms with Gasteiger partial charge in [-0.1, -0.05) is 36.4 Å². The van der Waals surface area contributed by atoms with Crippen molar-refractivity contribution in [1.82, 2.24) is 4.90 Å². The minimum absolute atomic E-state index is 0.000172. The molecule has 1 aliphatic rings. The molecule has 3 aromatic rings. The molecule has 1 heterocycles. The van der Waals surface area contributed by atoms with Crippen LogP contribution in [0.1, 0.15) is 39.1 Å². The molecular weight excluding hydrogens is 404 g/mol. The number of hydrogen-bond donors (Lipinski definition) is 1. The molecular formula is C26H26N2O4. The minimum atomic E-state index is -0.288. The van der Waals surface area contributed by atoms with Gasteiger partial charge in [0.05, 0.1) is 7.11 Å². The van der Waals surface area contributed by atoms with E-state index in [0.29, 0.717) is 34.9 Å². The highest BCUT2D eigenvalue weighted by molar-refractivity contribution is 6.05. The molecule has 0 bridgehead atoms. The predicted octanol–water partition coefficient (Wildman–Crippen LogP) is 4.76. The number of benzene rings is 3. The Morgan fingerprint density at radius 2 is 1.66 bits per heavy atom. The van der Waals surface area contributed by atoms with Crippen molar-refractivity contribution in [3.8, 4) is 11.5 Å². The van der Waals surface area contributed by atoms with Crippen LogP contribution in [0.4, 0.5) is 5.69 Å². The fourth-order valence-corrected chi connectivity index (χ4v) is 3.70. The van der Waals surface area contributed by atoms with Crippen molar-refractivity contribution in [2.45, 2.75) is 19.4 Å². The van der Waals surface area contributed by atoms with E-state index in [1.165, 1.54) is 0 Å². The lowest BCUT2D eigenvalue weighted by molar-refractivity contribution is 0.0792. The van der Waals surface area contributed by atoms with E-state index in [1.54, 1.807) is 49.6 Å². The summed E-state index contributed by atoms with van der Waals surface area (Å²) >= 11 is 0. The topological polar surface area (TPSA) is 67.9 Å². The Morgan fingerprint density at radius 1 is 0.875 bits per heavy atom. The number of likely N-dealkylation sites (tertiary alicyclic amines) is 1. The summed E-state index contributed by atoms with van der Waals surface area (Å²) in [6.07, 6.45) is 2.07. The smallest absolute Gasteiger partial charge is 0.255 e. The summed E-state index contributed by atoms with van der Waals surface area (Å²) in [5.41, 5.74) is 2.63. The average Bonchev–Trinajstić information content (AvgIpc) is 3.38. The van der Waals surface area contributed by atoms with Gasteiger partial charge in [0.15, 0.2) is 11.5 Å². The molecule has 3 aromatic carbocycles. The van der Waals surface area contributed by atoms with Gasteiger partial charge in [0, 0.05) is 29.9 Å². The molecule has 0 spiro atoms. The Hall–Kier alpha value is -3.80. The Bertz CT molecular complexity index is 1090. The molecule has 1 aliphatic heterocycles. The molecule has 4 rings (SSSR count). The zero-order valence-corrected chi connectivity index (χ0v) is 18.0. The number of hydrogen-bond acceptors (Lipinski definition) is 4. The van der Waals surface area contributed by atoms with Gasteiger partial charge in [0.1, 0.15) is 6.61 Å². The largest absolute Gasteiger partial charge is 0.493 e. The maximum Gasteiger partial charge on any atom is 0.255 e. The molecule has 0 aliphatic carbocycles. The van der Waals surface area contributed by atoms with Crippen LogP contribution in [0.25, 0.3) is 0 Å². The second-order valence-electron chi connectivity index (χ2n) is 7.67. The number of rotatable bonds is 7. The quantitative estimate of drug-likeness (QED) is 0.587. The second kappa shape index (κ2) is 10.0. The lowest BCUT2D eigenvalue weighted by Gasteiger charge is -2.16. The number of amides is 2. The summed E-state index contributed by atoms with van der Waals surface area (Å²) in [5.74, 6) is 0.751. The van der Waals surface area contributed by atoms with Crippen LogP contribution in [-0.4, -0.2) is 36.9 Å². The molecule has 2 amide bonds. The van der Waals surface area contributed by atoms with Gasteiger partial charge in [0.25, 0.3) is 11.8 Å². The molecule has 1 saturated heterocycles. The zero-order valence-electron chi connectivity index (χ0n) is 18.0. The number of ether oxygens (including phenoxy) is 2. The van der Waals surface area contributed by atoms with Crippen molar-refractivity contribution in [2.24, 2.45) is 0 Å². The highest BCUT2D eigenvalue weighted by Crippen LogP contribution is 2.29. The Morgan fingerprint density at radius 3 is 2.41 bits per heavy atom. The van der Waals surface area contributed by atoms with Crippen LogP contribution in [0.3, 0.4) is 0 Å². The van der Waals surface area contributed by atoms with Gasteiger partial charge < -0.3 is 19.7 Å². The van der Waals surface area contributed by atoms with Gasteiger partial charge in [0.2, 0.25) is 0 Å². The van der Waals surface area contributed by atoms with E-state index < -0.39 is 0 Å². The van der Waals surface area contributed by atoms with Gasteiger partial charge in [-0.2, -0.15) is 0 Å². The van der Waals surface area contributed by atoms with E-state index in [2.05, 4.69) is 5.32 Å². The van der Waals surface area contributed by atoms with E-state index in [0.717, 1.165) is 31.5 Å². The molecule has 0 saturated carbocycles. The van der Waals surface area contributed by atoms with Crippen molar-refractivity contribution in [3.05, 3.63) is 89.5 Å².